The molecule has 0 saturated heterocycles. The van der Waals surface area contributed by atoms with Crippen LogP contribution in [-0.2, 0) is 6.73 Å². The van der Waals surface area contributed by atoms with E-state index < -0.39 is 10.5 Å². The third kappa shape index (κ3) is 3.44. The number of nitriles is 1. The Bertz CT molecular complexity index is 1080. The molecular weight excluding hydrogens is 338 g/mol. The number of ether oxygens (including phenoxy) is 1. The van der Waals surface area contributed by atoms with Gasteiger partial charge >= 0.3 is 5.69 Å². The van der Waals surface area contributed by atoms with E-state index in [0.29, 0.717) is 22.6 Å². The topological polar surface area (TPSA) is 127 Å². The standard InChI is InChI=1S/C17H13N5O4/c1-11-5-15(16(7-18)17(23)20-11)12-3-2-4-14(6-12)26-10-21-9-13(8-19-21)22(24)25/h2-6,8-9H,10H2,1H3,(H,20,23). The molecule has 0 aliphatic carbocycles. The van der Waals surface area contributed by atoms with Gasteiger partial charge in [-0.2, -0.15) is 10.4 Å². The normalized spacial score (nSPS) is 10.3. The Labute approximate surface area is 147 Å². The molecule has 1 N–H and O–H groups in total. The molecule has 0 atom stereocenters. The minimum Gasteiger partial charge on any atom is -0.471 e. The fourth-order valence-electron chi connectivity index (χ4n) is 2.44. The van der Waals surface area contributed by atoms with Crippen LogP contribution in [0, 0.1) is 28.4 Å². The number of rotatable bonds is 5. The van der Waals surface area contributed by atoms with Gasteiger partial charge in [0.05, 0.1) is 4.92 Å². The van der Waals surface area contributed by atoms with Crippen molar-refractivity contribution in [2.24, 2.45) is 0 Å². The molecular formula is C17H13N5O4. The van der Waals surface area contributed by atoms with E-state index in [4.69, 9.17) is 4.74 Å². The smallest absolute Gasteiger partial charge is 0.307 e. The maximum Gasteiger partial charge on any atom is 0.307 e. The molecule has 0 amide bonds. The van der Waals surface area contributed by atoms with Crippen molar-refractivity contribution in [3.05, 3.63) is 74.5 Å². The van der Waals surface area contributed by atoms with Crippen LogP contribution in [0.3, 0.4) is 0 Å². The first-order valence-corrected chi connectivity index (χ1v) is 7.52. The lowest BCUT2D eigenvalue weighted by Gasteiger charge is -2.09. The van der Waals surface area contributed by atoms with Crippen molar-refractivity contribution in [1.82, 2.24) is 14.8 Å². The first-order valence-electron chi connectivity index (χ1n) is 7.52. The van der Waals surface area contributed by atoms with Crippen LogP contribution in [0.15, 0.2) is 47.5 Å². The van der Waals surface area contributed by atoms with Crippen molar-refractivity contribution < 1.29 is 9.66 Å². The average Bonchev–Trinajstić information content (AvgIpc) is 3.09. The molecule has 0 aliphatic heterocycles. The van der Waals surface area contributed by atoms with E-state index in [1.54, 1.807) is 37.3 Å². The van der Waals surface area contributed by atoms with E-state index in [2.05, 4.69) is 10.1 Å². The zero-order chi connectivity index (χ0) is 18.7. The van der Waals surface area contributed by atoms with E-state index in [9.17, 15) is 20.2 Å². The third-order valence-corrected chi connectivity index (χ3v) is 3.62. The van der Waals surface area contributed by atoms with E-state index >= 15 is 0 Å². The van der Waals surface area contributed by atoms with Crippen LogP contribution in [0.5, 0.6) is 5.75 Å². The number of nitro groups is 1. The monoisotopic (exact) mass is 351 g/mol. The highest BCUT2D eigenvalue weighted by atomic mass is 16.6. The first-order chi connectivity index (χ1) is 12.5. The zero-order valence-electron chi connectivity index (χ0n) is 13.7. The molecule has 0 spiro atoms. The van der Waals surface area contributed by atoms with Crippen molar-refractivity contribution in [2.45, 2.75) is 13.7 Å². The highest BCUT2D eigenvalue weighted by Gasteiger charge is 2.12. The van der Waals surface area contributed by atoms with Crippen LogP contribution in [0.25, 0.3) is 11.1 Å². The molecule has 3 rings (SSSR count). The summed E-state index contributed by atoms with van der Waals surface area (Å²) >= 11 is 0. The summed E-state index contributed by atoms with van der Waals surface area (Å²) in [6, 6.07) is 10.5. The second-order valence-electron chi connectivity index (χ2n) is 5.48. The van der Waals surface area contributed by atoms with Gasteiger partial charge in [-0.1, -0.05) is 12.1 Å². The van der Waals surface area contributed by atoms with Gasteiger partial charge in [0.15, 0.2) is 6.73 Å². The predicted molar refractivity (Wildman–Crippen MR) is 91.5 cm³/mol. The van der Waals surface area contributed by atoms with Crippen LogP contribution in [0.2, 0.25) is 0 Å². The van der Waals surface area contributed by atoms with E-state index in [0.717, 1.165) is 6.20 Å². The van der Waals surface area contributed by atoms with Gasteiger partial charge in [0, 0.05) is 11.3 Å². The van der Waals surface area contributed by atoms with Gasteiger partial charge in [0.25, 0.3) is 5.56 Å². The molecule has 0 aliphatic rings. The van der Waals surface area contributed by atoms with Gasteiger partial charge in [-0.25, -0.2) is 4.68 Å². The number of hydrogen-bond acceptors (Lipinski definition) is 6. The average molecular weight is 351 g/mol. The summed E-state index contributed by atoms with van der Waals surface area (Å²) < 4.78 is 6.88. The molecule has 9 heteroatoms. The Morgan fingerprint density at radius 1 is 1.42 bits per heavy atom. The van der Waals surface area contributed by atoms with Crippen LogP contribution in [0.1, 0.15) is 11.3 Å². The number of aryl methyl sites for hydroxylation is 1. The van der Waals surface area contributed by atoms with Crippen molar-refractivity contribution >= 4 is 5.69 Å². The molecule has 3 aromatic rings. The summed E-state index contributed by atoms with van der Waals surface area (Å²) in [5.74, 6) is 0.475. The lowest BCUT2D eigenvalue weighted by atomic mass is 10.0. The van der Waals surface area contributed by atoms with Crippen molar-refractivity contribution in [3.63, 3.8) is 0 Å². The number of aromatic nitrogens is 3. The lowest BCUT2D eigenvalue weighted by Crippen LogP contribution is -2.12. The molecule has 0 unspecified atom stereocenters. The van der Waals surface area contributed by atoms with Crippen molar-refractivity contribution in [1.29, 1.82) is 5.26 Å². The maximum absolute atomic E-state index is 11.9. The predicted octanol–water partition coefficient (Wildman–Crippen LogP) is 2.36. The van der Waals surface area contributed by atoms with Crippen LogP contribution >= 0.6 is 0 Å². The van der Waals surface area contributed by atoms with Gasteiger partial charge in [-0.15, -0.1) is 0 Å². The number of H-pyrrole nitrogens is 1. The van der Waals surface area contributed by atoms with Crippen molar-refractivity contribution in [3.8, 4) is 22.9 Å². The molecule has 2 heterocycles. The Morgan fingerprint density at radius 2 is 2.23 bits per heavy atom. The zero-order valence-corrected chi connectivity index (χ0v) is 13.7. The van der Waals surface area contributed by atoms with E-state index in [-0.39, 0.29) is 18.0 Å². The molecule has 1 aromatic carbocycles. The number of nitrogens with zero attached hydrogens (tertiary/aromatic N) is 4. The van der Waals surface area contributed by atoms with Gasteiger partial charge in [0.1, 0.15) is 29.8 Å². The van der Waals surface area contributed by atoms with Gasteiger partial charge in [-0.05, 0) is 30.7 Å². The second-order valence-corrected chi connectivity index (χ2v) is 5.48. The van der Waals surface area contributed by atoms with E-state index in [1.807, 2.05) is 6.07 Å². The Hall–Kier alpha value is -3.93. The molecule has 0 fully saturated rings. The molecule has 26 heavy (non-hydrogen) atoms. The minimum absolute atomic E-state index is 0.0171. The largest absolute Gasteiger partial charge is 0.471 e. The summed E-state index contributed by atoms with van der Waals surface area (Å²) in [6.07, 6.45) is 2.40. The summed E-state index contributed by atoms with van der Waals surface area (Å²) in [7, 11) is 0. The SMILES string of the molecule is Cc1cc(-c2cccc(OCn3cc([N+](=O)[O-])cn3)c2)c(C#N)c(=O)[nH]1. The molecule has 9 nitrogen and oxygen atoms in total. The Kier molecular flexibility index (Phi) is 4.49. The molecule has 0 radical (unpaired) electrons. The number of benzene rings is 1. The van der Waals surface area contributed by atoms with Crippen LogP contribution in [0.4, 0.5) is 5.69 Å². The number of pyridine rings is 1. The number of hydrogen-bond donors (Lipinski definition) is 1. The molecule has 130 valence electrons. The fraction of sp³-hybridized carbons (Fsp3) is 0.118. The lowest BCUT2D eigenvalue weighted by molar-refractivity contribution is -0.385. The summed E-state index contributed by atoms with van der Waals surface area (Å²) in [4.78, 5) is 24.7. The maximum atomic E-state index is 11.9. The van der Waals surface area contributed by atoms with Crippen LogP contribution in [-0.4, -0.2) is 19.7 Å². The summed E-state index contributed by atoms with van der Waals surface area (Å²) in [5.41, 5.74) is 1.25. The van der Waals surface area contributed by atoms with E-state index in [1.165, 1.54) is 10.9 Å². The summed E-state index contributed by atoms with van der Waals surface area (Å²) in [6.45, 7) is 1.72. The number of aromatic amines is 1. The number of nitrogens with one attached hydrogen (secondary N) is 1. The second kappa shape index (κ2) is 6.90. The highest BCUT2D eigenvalue weighted by molar-refractivity contribution is 5.71. The molecule has 0 bridgehead atoms. The quantitative estimate of drug-likeness (QED) is 0.555. The minimum atomic E-state index is -0.539. The highest BCUT2D eigenvalue weighted by Crippen LogP contribution is 2.26. The molecule has 2 aromatic heterocycles. The summed E-state index contributed by atoms with van der Waals surface area (Å²) in [5, 5.41) is 23.8. The van der Waals surface area contributed by atoms with Gasteiger partial charge in [0.2, 0.25) is 0 Å². The third-order valence-electron chi connectivity index (χ3n) is 3.62. The van der Waals surface area contributed by atoms with Gasteiger partial charge < -0.3 is 9.72 Å². The molecule has 0 saturated carbocycles. The van der Waals surface area contributed by atoms with Gasteiger partial charge in [-0.3, -0.25) is 14.9 Å². The fourth-order valence-corrected chi connectivity index (χ4v) is 2.44. The Morgan fingerprint density at radius 3 is 2.92 bits per heavy atom. The van der Waals surface area contributed by atoms with Crippen molar-refractivity contribution in [2.75, 3.05) is 0 Å². The first kappa shape index (κ1) is 16.9. The Balaban J connectivity index is 1.86. The van der Waals surface area contributed by atoms with Crippen LogP contribution < -0.4 is 10.3 Å².